The number of ether oxygens (including phenoxy) is 4. The first-order valence-corrected chi connectivity index (χ1v) is 10.0. The fraction of sp³-hybridized carbons (Fsp3) is 0.231. The number of methoxy groups -OCH3 is 3. The lowest BCUT2D eigenvalue weighted by molar-refractivity contribution is 0.168. The van der Waals surface area contributed by atoms with E-state index in [4.69, 9.17) is 18.9 Å². The topological polar surface area (TPSA) is 36.9 Å². The van der Waals surface area contributed by atoms with E-state index in [1.165, 1.54) is 5.56 Å². The van der Waals surface area contributed by atoms with E-state index in [0.29, 0.717) is 0 Å². The van der Waals surface area contributed by atoms with E-state index in [2.05, 4.69) is 42.5 Å². The van der Waals surface area contributed by atoms with Gasteiger partial charge < -0.3 is 18.9 Å². The third-order valence-electron chi connectivity index (χ3n) is 5.48. The first kappa shape index (κ1) is 19.9. The van der Waals surface area contributed by atoms with E-state index in [9.17, 15) is 0 Å². The Labute approximate surface area is 177 Å². The van der Waals surface area contributed by atoms with E-state index in [0.717, 1.165) is 40.5 Å². The molecule has 4 heteroatoms. The maximum Gasteiger partial charge on any atom is 0.127 e. The van der Waals surface area contributed by atoms with Gasteiger partial charge in [-0.2, -0.15) is 0 Å². The van der Waals surface area contributed by atoms with Gasteiger partial charge in [-0.1, -0.05) is 42.5 Å². The first-order chi connectivity index (χ1) is 14.7. The Bertz CT molecular complexity index is 1010. The highest BCUT2D eigenvalue weighted by Crippen LogP contribution is 2.44. The minimum atomic E-state index is -0.0407. The maximum atomic E-state index is 6.38. The Hall–Kier alpha value is -3.40. The van der Waals surface area contributed by atoms with Gasteiger partial charge in [0, 0.05) is 17.5 Å². The summed E-state index contributed by atoms with van der Waals surface area (Å²) in [5, 5.41) is 0. The minimum Gasteiger partial charge on any atom is -0.497 e. The van der Waals surface area contributed by atoms with Crippen LogP contribution >= 0.6 is 0 Å². The standard InChI is InChI=1S/C26H26O4/c1-27-21-10-5-18(6-11-21)4-7-20-16-25(19-8-12-22(28-2)13-9-19)30-26-17-23(29-3)14-15-24(20)26/h4-15,17,20,25H,16H2,1-3H3. The molecule has 0 bridgehead atoms. The molecule has 0 saturated carbocycles. The van der Waals surface area contributed by atoms with Crippen molar-refractivity contribution in [3.63, 3.8) is 0 Å². The second kappa shape index (κ2) is 8.95. The van der Waals surface area contributed by atoms with Crippen molar-refractivity contribution < 1.29 is 18.9 Å². The van der Waals surface area contributed by atoms with Crippen LogP contribution in [-0.2, 0) is 0 Å². The molecule has 1 heterocycles. The van der Waals surface area contributed by atoms with Gasteiger partial charge in [0.1, 0.15) is 29.1 Å². The molecule has 0 amide bonds. The van der Waals surface area contributed by atoms with E-state index in [1.807, 2.05) is 36.4 Å². The van der Waals surface area contributed by atoms with E-state index < -0.39 is 0 Å². The predicted molar refractivity (Wildman–Crippen MR) is 119 cm³/mol. The Balaban J connectivity index is 1.64. The molecule has 0 N–H and O–H groups in total. The largest absolute Gasteiger partial charge is 0.497 e. The van der Waals surface area contributed by atoms with Crippen molar-refractivity contribution in [1.29, 1.82) is 0 Å². The number of hydrogen-bond donors (Lipinski definition) is 0. The van der Waals surface area contributed by atoms with Crippen LogP contribution in [0.3, 0.4) is 0 Å². The molecule has 154 valence electrons. The summed E-state index contributed by atoms with van der Waals surface area (Å²) in [6.07, 6.45) is 5.24. The smallest absolute Gasteiger partial charge is 0.127 e. The molecular weight excluding hydrogens is 376 g/mol. The average molecular weight is 402 g/mol. The Morgan fingerprint density at radius 1 is 0.767 bits per heavy atom. The number of fused-ring (bicyclic) bond motifs is 1. The monoisotopic (exact) mass is 402 g/mol. The van der Waals surface area contributed by atoms with Crippen molar-refractivity contribution >= 4 is 6.08 Å². The summed E-state index contributed by atoms with van der Waals surface area (Å²) in [7, 11) is 5.03. The van der Waals surface area contributed by atoms with E-state index in [1.54, 1.807) is 21.3 Å². The molecule has 0 fully saturated rings. The molecule has 3 aromatic carbocycles. The third-order valence-corrected chi connectivity index (χ3v) is 5.48. The van der Waals surface area contributed by atoms with Crippen molar-refractivity contribution in [2.75, 3.05) is 21.3 Å². The Morgan fingerprint density at radius 3 is 2.00 bits per heavy atom. The fourth-order valence-electron chi connectivity index (χ4n) is 3.76. The normalized spacial score (nSPS) is 17.8. The van der Waals surface area contributed by atoms with Crippen LogP contribution in [0.4, 0.5) is 0 Å². The van der Waals surface area contributed by atoms with Gasteiger partial charge in [0.2, 0.25) is 0 Å². The predicted octanol–water partition coefficient (Wildman–Crippen LogP) is 6.03. The average Bonchev–Trinajstić information content (AvgIpc) is 2.82. The van der Waals surface area contributed by atoms with Gasteiger partial charge in [-0.3, -0.25) is 0 Å². The molecule has 0 radical (unpaired) electrons. The van der Waals surface area contributed by atoms with Crippen LogP contribution in [-0.4, -0.2) is 21.3 Å². The molecule has 3 aromatic rings. The highest BCUT2D eigenvalue weighted by atomic mass is 16.5. The van der Waals surface area contributed by atoms with Gasteiger partial charge in [0.05, 0.1) is 21.3 Å². The molecule has 2 atom stereocenters. The van der Waals surface area contributed by atoms with Crippen molar-refractivity contribution in [3.8, 4) is 23.0 Å². The van der Waals surface area contributed by atoms with Crippen molar-refractivity contribution in [2.24, 2.45) is 0 Å². The quantitative estimate of drug-likeness (QED) is 0.504. The SMILES string of the molecule is COc1ccc(C=CC2CC(c3ccc(OC)cc3)Oc3cc(OC)ccc32)cc1. The van der Waals surface area contributed by atoms with Crippen LogP contribution in [0.5, 0.6) is 23.0 Å². The van der Waals surface area contributed by atoms with Crippen molar-refractivity contribution in [2.45, 2.75) is 18.4 Å². The van der Waals surface area contributed by atoms with Gasteiger partial charge in [0.25, 0.3) is 0 Å². The number of allylic oxidation sites excluding steroid dienone is 1. The highest BCUT2D eigenvalue weighted by Gasteiger charge is 2.28. The molecule has 1 aliphatic rings. The van der Waals surface area contributed by atoms with Gasteiger partial charge in [-0.15, -0.1) is 0 Å². The second-order valence-corrected chi connectivity index (χ2v) is 7.26. The lowest BCUT2D eigenvalue weighted by atomic mass is 9.86. The van der Waals surface area contributed by atoms with Gasteiger partial charge in [-0.25, -0.2) is 0 Å². The fourth-order valence-corrected chi connectivity index (χ4v) is 3.76. The summed E-state index contributed by atoms with van der Waals surface area (Å²) in [6, 6.07) is 22.2. The van der Waals surface area contributed by atoms with Crippen LogP contribution in [0.1, 0.15) is 35.1 Å². The minimum absolute atomic E-state index is 0.0407. The van der Waals surface area contributed by atoms with Crippen LogP contribution in [0.2, 0.25) is 0 Å². The molecule has 4 rings (SSSR count). The van der Waals surface area contributed by atoms with Crippen LogP contribution in [0.15, 0.2) is 72.8 Å². The van der Waals surface area contributed by atoms with Crippen molar-refractivity contribution in [1.82, 2.24) is 0 Å². The molecule has 2 unspecified atom stereocenters. The molecule has 0 aliphatic carbocycles. The Morgan fingerprint density at radius 2 is 1.37 bits per heavy atom. The van der Waals surface area contributed by atoms with E-state index in [-0.39, 0.29) is 12.0 Å². The summed E-state index contributed by atoms with van der Waals surface area (Å²) in [5.74, 6) is 3.59. The van der Waals surface area contributed by atoms with Crippen LogP contribution in [0.25, 0.3) is 6.08 Å². The van der Waals surface area contributed by atoms with Gasteiger partial charge in [-0.05, 0) is 47.9 Å². The zero-order valence-electron chi connectivity index (χ0n) is 17.5. The molecular formula is C26H26O4. The summed E-state index contributed by atoms with van der Waals surface area (Å²) >= 11 is 0. The van der Waals surface area contributed by atoms with Crippen LogP contribution < -0.4 is 18.9 Å². The van der Waals surface area contributed by atoms with E-state index >= 15 is 0 Å². The molecule has 30 heavy (non-hydrogen) atoms. The lowest BCUT2D eigenvalue weighted by Crippen LogP contribution is -2.18. The summed E-state index contributed by atoms with van der Waals surface area (Å²) in [4.78, 5) is 0. The molecule has 0 aromatic heterocycles. The summed E-state index contributed by atoms with van der Waals surface area (Å²) in [5.41, 5.74) is 3.44. The molecule has 4 nitrogen and oxygen atoms in total. The van der Waals surface area contributed by atoms with Gasteiger partial charge in [0.15, 0.2) is 0 Å². The van der Waals surface area contributed by atoms with Crippen LogP contribution in [0, 0.1) is 0 Å². The first-order valence-electron chi connectivity index (χ1n) is 10.0. The highest BCUT2D eigenvalue weighted by molar-refractivity contribution is 5.54. The number of benzene rings is 3. The molecule has 0 saturated heterocycles. The maximum absolute atomic E-state index is 6.38. The molecule has 0 spiro atoms. The van der Waals surface area contributed by atoms with Gasteiger partial charge >= 0.3 is 0 Å². The van der Waals surface area contributed by atoms with Crippen molar-refractivity contribution in [3.05, 3.63) is 89.5 Å². The number of hydrogen-bond acceptors (Lipinski definition) is 4. The zero-order valence-corrected chi connectivity index (χ0v) is 17.5. The number of rotatable bonds is 6. The molecule has 1 aliphatic heterocycles. The summed E-state index contributed by atoms with van der Waals surface area (Å²) in [6.45, 7) is 0. The Kier molecular flexibility index (Phi) is 5.94. The third kappa shape index (κ3) is 4.28. The lowest BCUT2D eigenvalue weighted by Gasteiger charge is -2.31. The second-order valence-electron chi connectivity index (χ2n) is 7.26. The zero-order chi connectivity index (χ0) is 20.9. The summed E-state index contributed by atoms with van der Waals surface area (Å²) < 4.78 is 22.3.